The van der Waals surface area contributed by atoms with Crippen LogP contribution in [0.4, 0.5) is 11.8 Å². The molecule has 3 atom stereocenters. The van der Waals surface area contributed by atoms with Crippen LogP contribution in [0.15, 0.2) is 24.4 Å². The lowest BCUT2D eigenvalue weighted by molar-refractivity contribution is -0.148. The Morgan fingerprint density at radius 3 is 2.29 bits per heavy atom. The van der Waals surface area contributed by atoms with E-state index in [1.807, 2.05) is 0 Å². The molecule has 0 saturated heterocycles. The van der Waals surface area contributed by atoms with Crippen LogP contribution in [0.1, 0.15) is 40.7 Å². The van der Waals surface area contributed by atoms with Crippen molar-refractivity contribution in [3.8, 4) is 0 Å². The molecule has 0 aliphatic rings. The zero-order chi connectivity index (χ0) is 30.4. The molecule has 1 aromatic carbocycles. The Bertz CT molecular complexity index is 1510. The van der Waals surface area contributed by atoms with Crippen LogP contribution in [-0.2, 0) is 32.0 Å². The Labute approximate surface area is 237 Å². The zero-order valence-electron chi connectivity index (χ0n) is 21.5. The quantitative estimate of drug-likeness (QED) is 0.120. The number of benzene rings is 1. The van der Waals surface area contributed by atoms with Gasteiger partial charge in [-0.3, -0.25) is 24.0 Å². The summed E-state index contributed by atoms with van der Waals surface area (Å²) in [6, 6.07) is 1.20. The van der Waals surface area contributed by atoms with E-state index >= 15 is 0 Å². The molecule has 15 nitrogen and oxygen atoms in total. The van der Waals surface area contributed by atoms with E-state index in [4.69, 9.17) is 39.0 Å². The molecule has 11 N–H and O–H groups in total. The molecular weight excluding hydrogens is 562 g/mol. The van der Waals surface area contributed by atoms with Crippen molar-refractivity contribution >= 4 is 64.0 Å². The number of fused-ring (bicyclic) bond motifs is 1. The van der Waals surface area contributed by atoms with Gasteiger partial charge < -0.3 is 42.8 Å². The highest BCUT2D eigenvalue weighted by atomic mass is 35.5. The molecule has 1 amide bonds. The minimum absolute atomic E-state index is 0.0289. The number of aliphatic carboxylic acids is 3. The fourth-order valence-electron chi connectivity index (χ4n) is 4.23. The first-order chi connectivity index (χ1) is 19.3. The molecule has 0 spiro atoms. The Balaban J connectivity index is 1.75. The average molecular weight is 590 g/mol. The Morgan fingerprint density at radius 2 is 1.68 bits per heavy atom. The van der Waals surface area contributed by atoms with Crippen LogP contribution in [0.25, 0.3) is 11.0 Å². The lowest BCUT2D eigenvalue weighted by Gasteiger charge is -2.22. The molecule has 0 bridgehead atoms. The predicted molar refractivity (Wildman–Crippen MR) is 146 cm³/mol. The first kappa shape index (κ1) is 30.8. The number of carboxylic acid groups (broad SMARTS) is 3. The van der Waals surface area contributed by atoms with Crippen LogP contribution in [0, 0.1) is 5.92 Å². The van der Waals surface area contributed by atoms with E-state index in [0.29, 0.717) is 29.4 Å². The highest BCUT2D eigenvalue weighted by Gasteiger charge is 2.36. The molecular formula is C25H28ClN7O8. The van der Waals surface area contributed by atoms with Crippen LogP contribution >= 0.6 is 11.6 Å². The molecule has 2 heterocycles. The van der Waals surface area contributed by atoms with E-state index in [2.05, 4.69) is 20.3 Å². The van der Waals surface area contributed by atoms with E-state index in [0.717, 1.165) is 5.56 Å². The van der Waals surface area contributed by atoms with Gasteiger partial charge in [0.1, 0.15) is 23.4 Å². The number of carbonyl (C=O) groups excluding carboxylic acids is 2. The van der Waals surface area contributed by atoms with Gasteiger partial charge in [0.2, 0.25) is 5.95 Å². The summed E-state index contributed by atoms with van der Waals surface area (Å²) in [5, 5.41) is 30.8. The molecule has 0 fully saturated rings. The van der Waals surface area contributed by atoms with E-state index in [1.165, 1.54) is 12.1 Å². The summed E-state index contributed by atoms with van der Waals surface area (Å²) in [5.41, 5.74) is 19.0. The van der Waals surface area contributed by atoms with Gasteiger partial charge in [-0.15, -0.1) is 0 Å². The van der Waals surface area contributed by atoms with Crippen molar-refractivity contribution in [2.45, 2.75) is 44.2 Å². The highest BCUT2D eigenvalue weighted by Crippen LogP contribution is 2.26. The standard InChI is InChI=1S/C25H28ClN7O8/c26-14-7-11(3-1-10(14)2-4-12-9-30-21-18(12)20(28)32-25(29)33-21)22(37)31-16(5-6-17(34)35)19(36)13(23(38)39)8-15(27)24(40)41/h1,3,7,9,13,15-16H,2,4-6,8,27H2,(H,31,37)(H,34,35)(H,38,39)(H,40,41)(H5,28,29,30,32,33)/t13?,15-,16-/m0/s1. The summed E-state index contributed by atoms with van der Waals surface area (Å²) in [7, 11) is 0. The van der Waals surface area contributed by atoms with Crippen molar-refractivity contribution in [3.05, 3.63) is 46.1 Å². The third-order valence-corrected chi connectivity index (χ3v) is 6.73. The van der Waals surface area contributed by atoms with Crippen molar-refractivity contribution in [3.63, 3.8) is 0 Å². The normalized spacial score (nSPS) is 13.3. The van der Waals surface area contributed by atoms with Crippen LogP contribution in [-0.4, -0.2) is 72.0 Å². The zero-order valence-corrected chi connectivity index (χ0v) is 22.2. The first-order valence-electron chi connectivity index (χ1n) is 12.2. The topological polar surface area (TPSA) is 278 Å². The number of Topliss-reactive ketones (excluding diaryl/α,β-unsaturated/α-hetero) is 1. The number of nitrogen functional groups attached to an aromatic ring is 2. The van der Waals surface area contributed by atoms with Gasteiger partial charge in [-0.1, -0.05) is 17.7 Å². The van der Waals surface area contributed by atoms with Crippen LogP contribution < -0.4 is 22.5 Å². The molecule has 218 valence electrons. The molecule has 0 radical (unpaired) electrons. The Morgan fingerprint density at radius 1 is 1.00 bits per heavy atom. The molecule has 0 aliphatic carbocycles. The number of aryl methyl sites for hydroxylation is 2. The van der Waals surface area contributed by atoms with Crippen molar-refractivity contribution in [1.29, 1.82) is 0 Å². The van der Waals surface area contributed by atoms with Gasteiger partial charge in [0.25, 0.3) is 5.91 Å². The number of carbonyl (C=O) groups is 5. The van der Waals surface area contributed by atoms with Gasteiger partial charge in [-0.2, -0.15) is 9.97 Å². The number of nitrogens with one attached hydrogen (secondary N) is 2. The molecule has 2 aromatic heterocycles. The fraction of sp³-hybridized carbons (Fsp3) is 0.320. The number of rotatable bonds is 14. The number of hydrogen-bond acceptors (Lipinski definition) is 10. The molecule has 3 rings (SSSR count). The summed E-state index contributed by atoms with van der Waals surface area (Å²) in [6.07, 6.45) is 0.924. The fourth-order valence-corrected chi connectivity index (χ4v) is 4.51. The van der Waals surface area contributed by atoms with Gasteiger partial charge in [0.15, 0.2) is 5.78 Å². The summed E-state index contributed by atoms with van der Waals surface area (Å²) in [4.78, 5) is 70.9. The minimum atomic E-state index is -1.88. The first-order valence-corrected chi connectivity index (χ1v) is 12.6. The van der Waals surface area contributed by atoms with E-state index in [9.17, 15) is 29.1 Å². The van der Waals surface area contributed by atoms with Gasteiger partial charge in [0, 0.05) is 23.2 Å². The Kier molecular flexibility index (Phi) is 9.81. The number of nitrogens with zero attached hydrogens (tertiary/aromatic N) is 2. The number of aromatic amines is 1. The highest BCUT2D eigenvalue weighted by molar-refractivity contribution is 6.31. The second-order valence-corrected chi connectivity index (χ2v) is 9.65. The number of carboxylic acids is 3. The minimum Gasteiger partial charge on any atom is -0.481 e. The maximum absolute atomic E-state index is 13.0. The van der Waals surface area contributed by atoms with Crippen LogP contribution in [0.5, 0.6) is 0 Å². The SMILES string of the molecule is Nc1nc(N)c2c(CCc3ccc(C(=O)N[C@@H](CCC(=O)O)C(=O)C(C[C@H](N)C(=O)O)C(=O)O)cc3Cl)c[nH]c2n1. The number of nitrogens with two attached hydrogens (primary N) is 3. The third-order valence-electron chi connectivity index (χ3n) is 6.38. The molecule has 1 unspecified atom stereocenters. The van der Waals surface area contributed by atoms with E-state index in [-0.39, 0.29) is 22.4 Å². The lowest BCUT2D eigenvalue weighted by atomic mass is 9.89. The number of anilines is 2. The molecule has 16 heteroatoms. The van der Waals surface area contributed by atoms with Gasteiger partial charge in [-0.25, -0.2) is 0 Å². The van der Waals surface area contributed by atoms with E-state index < -0.39 is 66.9 Å². The Hall–Kier alpha value is -4.76. The molecule has 0 saturated carbocycles. The van der Waals surface area contributed by atoms with Crippen LogP contribution in [0.3, 0.4) is 0 Å². The summed E-state index contributed by atoms with van der Waals surface area (Å²) >= 11 is 6.42. The second-order valence-electron chi connectivity index (χ2n) is 9.24. The summed E-state index contributed by atoms with van der Waals surface area (Å²) in [5.74, 6) is -7.96. The average Bonchev–Trinajstić information content (AvgIpc) is 3.30. The van der Waals surface area contributed by atoms with Crippen molar-refractivity contribution < 1.29 is 39.3 Å². The molecule has 3 aromatic rings. The number of aromatic nitrogens is 3. The van der Waals surface area contributed by atoms with Gasteiger partial charge >= 0.3 is 17.9 Å². The van der Waals surface area contributed by atoms with Gasteiger partial charge in [0.05, 0.1) is 11.4 Å². The summed E-state index contributed by atoms with van der Waals surface area (Å²) < 4.78 is 0. The molecule has 0 aliphatic heterocycles. The van der Waals surface area contributed by atoms with Crippen LogP contribution in [0.2, 0.25) is 5.02 Å². The number of hydrogen-bond donors (Lipinski definition) is 8. The van der Waals surface area contributed by atoms with E-state index in [1.54, 1.807) is 12.3 Å². The number of ketones is 1. The summed E-state index contributed by atoms with van der Waals surface area (Å²) in [6.45, 7) is 0. The maximum atomic E-state index is 13.0. The number of H-pyrrole nitrogens is 1. The smallest absolute Gasteiger partial charge is 0.320 e. The second kappa shape index (κ2) is 13.1. The monoisotopic (exact) mass is 589 g/mol. The lowest BCUT2D eigenvalue weighted by Crippen LogP contribution is -2.47. The van der Waals surface area contributed by atoms with Gasteiger partial charge in [-0.05, 0) is 48.9 Å². The van der Waals surface area contributed by atoms with Crippen molar-refractivity contribution in [1.82, 2.24) is 20.3 Å². The number of amides is 1. The third kappa shape index (κ3) is 7.67. The van der Waals surface area contributed by atoms with Crippen molar-refractivity contribution in [2.75, 3.05) is 11.5 Å². The maximum Gasteiger partial charge on any atom is 0.320 e. The number of halogens is 1. The predicted octanol–water partition coefficient (Wildman–Crippen LogP) is 0.596. The van der Waals surface area contributed by atoms with Crippen molar-refractivity contribution in [2.24, 2.45) is 11.7 Å². The largest absolute Gasteiger partial charge is 0.481 e. The molecule has 41 heavy (non-hydrogen) atoms.